The minimum atomic E-state index is -4.57. The Morgan fingerprint density at radius 1 is 1.37 bits per heavy atom. The second kappa shape index (κ2) is 5.25. The molecule has 0 aliphatic carbocycles. The summed E-state index contributed by atoms with van der Waals surface area (Å²) in [6.07, 6.45) is -4.57. The van der Waals surface area contributed by atoms with E-state index in [1.165, 1.54) is 13.8 Å². The summed E-state index contributed by atoms with van der Waals surface area (Å²) in [7, 11) is 0. The Kier molecular flexibility index (Phi) is 4.13. The van der Waals surface area contributed by atoms with Gasteiger partial charge in [0.2, 0.25) is 5.91 Å². The monoisotopic (exact) mass is 275 g/mol. The summed E-state index contributed by atoms with van der Waals surface area (Å²) in [5.74, 6) is -1.45. The lowest BCUT2D eigenvalue weighted by Gasteiger charge is -2.12. The molecule has 0 aliphatic heterocycles. The smallest absolute Gasteiger partial charge is 0.368 e. The quantitative estimate of drug-likeness (QED) is 0.863. The maximum atomic E-state index is 12.4. The number of carbonyl (C=O) groups is 2. The van der Waals surface area contributed by atoms with Crippen molar-refractivity contribution in [3.05, 3.63) is 29.1 Å². The highest BCUT2D eigenvalue weighted by Crippen LogP contribution is 2.28. The molecule has 1 unspecified atom stereocenters. The molecule has 1 atom stereocenters. The van der Waals surface area contributed by atoms with Gasteiger partial charge in [-0.1, -0.05) is 0 Å². The van der Waals surface area contributed by atoms with Gasteiger partial charge in [-0.05, 0) is 26.0 Å². The fourth-order valence-corrected chi connectivity index (χ4v) is 1.30. The summed E-state index contributed by atoms with van der Waals surface area (Å²) < 4.78 is 37.2. The van der Waals surface area contributed by atoms with Crippen LogP contribution in [0.15, 0.2) is 12.1 Å². The van der Waals surface area contributed by atoms with Gasteiger partial charge < -0.3 is 11.1 Å². The first kappa shape index (κ1) is 14.9. The standard InChI is InChI=1S/C11H12F3N3O2/c1-5-7(10(19)17-6(2)9(15)18)3-4-8(16-5)11(12,13)14/h3-4,6H,1-2H3,(H2,15,18)(H,17,19). The number of primary amides is 1. The number of halogens is 3. The van der Waals surface area contributed by atoms with Crippen molar-refractivity contribution in [2.75, 3.05) is 0 Å². The van der Waals surface area contributed by atoms with E-state index in [1.54, 1.807) is 0 Å². The van der Waals surface area contributed by atoms with E-state index in [2.05, 4.69) is 10.3 Å². The molecule has 0 saturated carbocycles. The van der Waals surface area contributed by atoms with E-state index in [0.717, 1.165) is 6.07 Å². The van der Waals surface area contributed by atoms with E-state index in [4.69, 9.17) is 5.73 Å². The van der Waals surface area contributed by atoms with E-state index in [1.807, 2.05) is 0 Å². The van der Waals surface area contributed by atoms with Crippen LogP contribution in [0.3, 0.4) is 0 Å². The molecule has 0 aliphatic rings. The van der Waals surface area contributed by atoms with Gasteiger partial charge in [-0.15, -0.1) is 0 Å². The molecule has 1 aromatic rings. The molecule has 8 heteroatoms. The van der Waals surface area contributed by atoms with Crippen LogP contribution in [-0.4, -0.2) is 22.8 Å². The van der Waals surface area contributed by atoms with Crippen molar-refractivity contribution in [2.45, 2.75) is 26.1 Å². The van der Waals surface area contributed by atoms with E-state index in [9.17, 15) is 22.8 Å². The van der Waals surface area contributed by atoms with Crippen LogP contribution in [0, 0.1) is 6.92 Å². The number of alkyl halides is 3. The van der Waals surface area contributed by atoms with Gasteiger partial charge in [-0.25, -0.2) is 4.98 Å². The molecule has 1 heterocycles. The van der Waals surface area contributed by atoms with Crippen LogP contribution in [0.1, 0.15) is 28.7 Å². The first-order chi connectivity index (χ1) is 8.62. The number of hydrogen-bond acceptors (Lipinski definition) is 3. The molecule has 1 aromatic heterocycles. The molecule has 3 N–H and O–H groups in total. The van der Waals surface area contributed by atoms with Gasteiger partial charge in [0.25, 0.3) is 5.91 Å². The molecule has 0 saturated heterocycles. The minimum absolute atomic E-state index is 0.0406. The van der Waals surface area contributed by atoms with Crippen molar-refractivity contribution in [1.82, 2.24) is 10.3 Å². The lowest BCUT2D eigenvalue weighted by atomic mass is 10.1. The summed E-state index contributed by atoms with van der Waals surface area (Å²) in [6, 6.07) is 0.791. The number of hydrogen-bond donors (Lipinski definition) is 2. The summed E-state index contributed by atoms with van der Waals surface area (Å²) in [5.41, 5.74) is 3.76. The second-order valence-corrected chi connectivity index (χ2v) is 3.92. The average Bonchev–Trinajstić information content (AvgIpc) is 2.27. The molecule has 19 heavy (non-hydrogen) atoms. The highest BCUT2D eigenvalue weighted by atomic mass is 19.4. The van der Waals surface area contributed by atoms with Crippen LogP contribution >= 0.6 is 0 Å². The largest absolute Gasteiger partial charge is 0.433 e. The molecule has 0 radical (unpaired) electrons. The van der Waals surface area contributed by atoms with Crippen LogP contribution in [0.5, 0.6) is 0 Å². The molecule has 1 rings (SSSR count). The van der Waals surface area contributed by atoms with Crippen molar-refractivity contribution in [3.8, 4) is 0 Å². The maximum Gasteiger partial charge on any atom is 0.433 e. The number of carbonyl (C=O) groups excluding carboxylic acids is 2. The lowest BCUT2D eigenvalue weighted by molar-refractivity contribution is -0.141. The highest BCUT2D eigenvalue weighted by molar-refractivity contribution is 5.97. The maximum absolute atomic E-state index is 12.4. The van der Waals surface area contributed by atoms with Gasteiger partial charge >= 0.3 is 6.18 Å². The van der Waals surface area contributed by atoms with E-state index >= 15 is 0 Å². The molecule has 0 bridgehead atoms. The molecule has 0 spiro atoms. The van der Waals surface area contributed by atoms with Crippen molar-refractivity contribution >= 4 is 11.8 Å². The number of pyridine rings is 1. The van der Waals surface area contributed by atoms with Crippen molar-refractivity contribution < 1.29 is 22.8 Å². The van der Waals surface area contributed by atoms with Gasteiger partial charge in [-0.2, -0.15) is 13.2 Å². The second-order valence-electron chi connectivity index (χ2n) is 3.92. The molecule has 2 amide bonds. The summed E-state index contributed by atoms with van der Waals surface area (Å²) in [4.78, 5) is 25.8. The first-order valence-corrected chi connectivity index (χ1v) is 5.28. The number of aromatic nitrogens is 1. The molecule has 104 valence electrons. The third-order valence-electron chi connectivity index (χ3n) is 2.40. The predicted octanol–water partition coefficient (Wildman–Crippen LogP) is 1.01. The minimum Gasteiger partial charge on any atom is -0.368 e. The average molecular weight is 275 g/mol. The Morgan fingerprint density at radius 2 is 1.95 bits per heavy atom. The number of rotatable bonds is 3. The van der Waals surface area contributed by atoms with Crippen molar-refractivity contribution in [1.29, 1.82) is 0 Å². The number of amides is 2. The molecule has 0 fully saturated rings. The van der Waals surface area contributed by atoms with E-state index < -0.39 is 29.7 Å². The van der Waals surface area contributed by atoms with E-state index in [-0.39, 0.29) is 11.3 Å². The summed E-state index contributed by atoms with van der Waals surface area (Å²) in [6.45, 7) is 2.65. The molecule has 5 nitrogen and oxygen atoms in total. The summed E-state index contributed by atoms with van der Waals surface area (Å²) >= 11 is 0. The fourth-order valence-electron chi connectivity index (χ4n) is 1.30. The third kappa shape index (κ3) is 3.67. The topological polar surface area (TPSA) is 85.1 Å². The fraction of sp³-hybridized carbons (Fsp3) is 0.364. The molecular formula is C11H12F3N3O2. The Balaban J connectivity index is 2.97. The van der Waals surface area contributed by atoms with Crippen LogP contribution in [0.2, 0.25) is 0 Å². The van der Waals surface area contributed by atoms with Gasteiger partial charge in [-0.3, -0.25) is 9.59 Å². The predicted molar refractivity (Wildman–Crippen MR) is 60.1 cm³/mol. The number of nitrogens with two attached hydrogens (primary N) is 1. The van der Waals surface area contributed by atoms with E-state index in [0.29, 0.717) is 6.07 Å². The Labute approximate surface area is 107 Å². The van der Waals surface area contributed by atoms with Gasteiger partial charge in [0, 0.05) is 0 Å². The Bertz CT molecular complexity index is 514. The first-order valence-electron chi connectivity index (χ1n) is 5.28. The molecular weight excluding hydrogens is 263 g/mol. The zero-order chi connectivity index (χ0) is 14.8. The number of nitrogens with zero attached hydrogens (tertiary/aromatic N) is 1. The van der Waals surface area contributed by atoms with Gasteiger partial charge in [0.15, 0.2) is 0 Å². The number of nitrogens with one attached hydrogen (secondary N) is 1. The van der Waals surface area contributed by atoms with Gasteiger partial charge in [0.1, 0.15) is 11.7 Å². The summed E-state index contributed by atoms with van der Waals surface area (Å²) in [5, 5.41) is 2.26. The molecule has 0 aromatic carbocycles. The van der Waals surface area contributed by atoms with Crippen molar-refractivity contribution in [3.63, 3.8) is 0 Å². The zero-order valence-electron chi connectivity index (χ0n) is 10.2. The normalized spacial score (nSPS) is 12.9. The van der Waals surface area contributed by atoms with Gasteiger partial charge in [0.05, 0.1) is 11.3 Å². The lowest BCUT2D eigenvalue weighted by Crippen LogP contribution is -2.42. The van der Waals surface area contributed by atoms with Crippen LogP contribution in [0.4, 0.5) is 13.2 Å². The Hall–Kier alpha value is -2.12. The van der Waals surface area contributed by atoms with Crippen LogP contribution < -0.4 is 11.1 Å². The third-order valence-corrected chi connectivity index (χ3v) is 2.40. The Morgan fingerprint density at radius 3 is 2.37 bits per heavy atom. The van der Waals surface area contributed by atoms with Crippen LogP contribution in [0.25, 0.3) is 0 Å². The highest BCUT2D eigenvalue weighted by Gasteiger charge is 2.33. The number of aryl methyl sites for hydroxylation is 1. The van der Waals surface area contributed by atoms with Crippen molar-refractivity contribution in [2.24, 2.45) is 5.73 Å². The SMILES string of the molecule is Cc1nc(C(F)(F)F)ccc1C(=O)NC(C)C(N)=O. The zero-order valence-corrected chi connectivity index (χ0v) is 10.2. The van der Waals surface area contributed by atoms with Crippen LogP contribution in [-0.2, 0) is 11.0 Å².